The minimum atomic E-state index is -0.761. The third-order valence-corrected chi connectivity index (χ3v) is 4.46. The van der Waals surface area contributed by atoms with E-state index in [0.717, 1.165) is 31.2 Å². The van der Waals surface area contributed by atoms with Crippen LogP contribution in [0.4, 0.5) is 4.39 Å². The molecular formula is C14H18FNO. The first-order valence-electron chi connectivity index (χ1n) is 6.31. The van der Waals surface area contributed by atoms with Gasteiger partial charge in [0, 0.05) is 6.04 Å². The van der Waals surface area contributed by atoms with Gasteiger partial charge in [-0.2, -0.15) is 0 Å². The maximum atomic E-state index is 12.9. The molecule has 0 radical (unpaired) electrons. The fourth-order valence-corrected chi connectivity index (χ4v) is 3.71. The van der Waals surface area contributed by atoms with Gasteiger partial charge in [0.05, 0.1) is 5.60 Å². The number of fused-ring (bicyclic) bond motifs is 1. The van der Waals surface area contributed by atoms with Crippen LogP contribution in [0.1, 0.15) is 31.2 Å². The van der Waals surface area contributed by atoms with E-state index in [-0.39, 0.29) is 5.82 Å². The minimum absolute atomic E-state index is 0.252. The van der Waals surface area contributed by atoms with Gasteiger partial charge in [-0.05, 0) is 55.2 Å². The van der Waals surface area contributed by atoms with Gasteiger partial charge in [-0.15, -0.1) is 0 Å². The van der Waals surface area contributed by atoms with Crippen LogP contribution >= 0.6 is 0 Å². The van der Waals surface area contributed by atoms with Gasteiger partial charge in [0.15, 0.2) is 0 Å². The van der Waals surface area contributed by atoms with Crippen molar-refractivity contribution >= 4 is 0 Å². The first-order valence-corrected chi connectivity index (χ1v) is 6.31. The van der Waals surface area contributed by atoms with Crippen LogP contribution in [-0.4, -0.2) is 11.1 Å². The van der Waals surface area contributed by atoms with E-state index < -0.39 is 5.60 Å². The Bertz CT molecular complexity index is 403. The molecule has 0 aromatic heterocycles. The Morgan fingerprint density at radius 1 is 1.12 bits per heavy atom. The molecule has 0 bridgehead atoms. The summed E-state index contributed by atoms with van der Waals surface area (Å²) >= 11 is 0. The van der Waals surface area contributed by atoms with Gasteiger partial charge in [0.2, 0.25) is 0 Å². The van der Waals surface area contributed by atoms with Crippen LogP contribution in [0.5, 0.6) is 0 Å². The smallest absolute Gasteiger partial charge is 0.123 e. The van der Waals surface area contributed by atoms with Crippen molar-refractivity contribution < 1.29 is 9.50 Å². The highest BCUT2D eigenvalue weighted by Crippen LogP contribution is 2.52. The molecule has 2 aliphatic rings. The zero-order valence-corrected chi connectivity index (χ0v) is 9.77. The summed E-state index contributed by atoms with van der Waals surface area (Å²) in [4.78, 5) is 0. The monoisotopic (exact) mass is 235 g/mol. The Hall–Kier alpha value is -0.930. The van der Waals surface area contributed by atoms with Crippen LogP contribution in [0.15, 0.2) is 24.3 Å². The van der Waals surface area contributed by atoms with Crippen LogP contribution in [0, 0.1) is 17.7 Å². The van der Waals surface area contributed by atoms with Gasteiger partial charge >= 0.3 is 0 Å². The third kappa shape index (κ3) is 1.87. The first kappa shape index (κ1) is 11.2. The highest BCUT2D eigenvalue weighted by atomic mass is 19.1. The van der Waals surface area contributed by atoms with E-state index in [2.05, 4.69) is 0 Å². The molecule has 0 amide bonds. The lowest BCUT2D eigenvalue weighted by molar-refractivity contribution is 0.0346. The summed E-state index contributed by atoms with van der Waals surface area (Å²) in [6, 6.07) is 6.56. The molecule has 0 saturated heterocycles. The fraction of sp³-hybridized carbons (Fsp3) is 0.571. The molecule has 2 unspecified atom stereocenters. The largest absolute Gasteiger partial charge is 0.385 e. The molecule has 2 fully saturated rings. The second-order valence-corrected chi connectivity index (χ2v) is 5.70. The van der Waals surface area contributed by atoms with Crippen LogP contribution in [0.3, 0.4) is 0 Å². The van der Waals surface area contributed by atoms with E-state index >= 15 is 0 Å². The zero-order valence-electron chi connectivity index (χ0n) is 9.77. The fourth-order valence-electron chi connectivity index (χ4n) is 3.71. The third-order valence-electron chi connectivity index (χ3n) is 4.46. The normalized spacial score (nSPS) is 40.5. The Labute approximate surface area is 101 Å². The van der Waals surface area contributed by atoms with Gasteiger partial charge in [0.1, 0.15) is 5.82 Å². The Kier molecular flexibility index (Phi) is 2.49. The lowest BCUT2D eigenvalue weighted by Crippen LogP contribution is -2.25. The molecule has 3 rings (SSSR count). The molecule has 0 aliphatic heterocycles. The molecule has 3 N–H and O–H groups in total. The molecule has 1 aromatic carbocycles. The van der Waals surface area contributed by atoms with Crippen molar-refractivity contribution in [3.05, 3.63) is 35.6 Å². The van der Waals surface area contributed by atoms with Gasteiger partial charge in [-0.25, -0.2) is 4.39 Å². The lowest BCUT2D eigenvalue weighted by Gasteiger charge is -2.24. The number of aliphatic hydroxyl groups is 1. The molecule has 92 valence electrons. The molecule has 2 nitrogen and oxygen atoms in total. The molecule has 2 aliphatic carbocycles. The number of benzene rings is 1. The summed E-state index contributed by atoms with van der Waals surface area (Å²) in [5.41, 5.74) is 6.03. The summed E-state index contributed by atoms with van der Waals surface area (Å²) in [6.45, 7) is 0. The number of rotatable bonds is 1. The molecule has 2 atom stereocenters. The van der Waals surface area contributed by atoms with E-state index in [0.29, 0.717) is 17.9 Å². The molecule has 0 heterocycles. The van der Waals surface area contributed by atoms with Crippen molar-refractivity contribution in [2.75, 3.05) is 0 Å². The number of hydrogen-bond acceptors (Lipinski definition) is 2. The average Bonchev–Trinajstić information content (AvgIpc) is 2.72. The summed E-state index contributed by atoms with van der Waals surface area (Å²) in [5, 5.41) is 10.7. The van der Waals surface area contributed by atoms with Gasteiger partial charge in [-0.3, -0.25) is 0 Å². The molecule has 1 aromatic rings. The van der Waals surface area contributed by atoms with E-state index in [1.807, 2.05) is 0 Å². The molecule has 3 heteroatoms. The number of halogens is 1. The molecule has 2 saturated carbocycles. The van der Waals surface area contributed by atoms with Crippen molar-refractivity contribution in [3.63, 3.8) is 0 Å². The van der Waals surface area contributed by atoms with Gasteiger partial charge < -0.3 is 10.8 Å². The summed E-state index contributed by atoms with van der Waals surface area (Å²) in [7, 11) is 0. The topological polar surface area (TPSA) is 46.2 Å². The lowest BCUT2D eigenvalue weighted by atomic mass is 9.89. The van der Waals surface area contributed by atoms with Gasteiger partial charge in [0.25, 0.3) is 0 Å². The highest BCUT2D eigenvalue weighted by Gasteiger charge is 2.48. The summed E-state index contributed by atoms with van der Waals surface area (Å²) < 4.78 is 12.9. The maximum Gasteiger partial charge on any atom is 0.123 e. The Morgan fingerprint density at radius 3 is 2.18 bits per heavy atom. The van der Waals surface area contributed by atoms with E-state index in [4.69, 9.17) is 5.73 Å². The quantitative estimate of drug-likeness (QED) is 0.783. The van der Waals surface area contributed by atoms with Crippen molar-refractivity contribution in [1.29, 1.82) is 0 Å². The zero-order chi connectivity index (χ0) is 12.0. The second kappa shape index (κ2) is 3.79. The van der Waals surface area contributed by atoms with Crippen LogP contribution in [-0.2, 0) is 5.60 Å². The first-order chi connectivity index (χ1) is 8.07. The van der Waals surface area contributed by atoms with Crippen molar-refractivity contribution in [2.45, 2.75) is 37.3 Å². The maximum absolute atomic E-state index is 12.9. The average molecular weight is 235 g/mol. The number of hydrogen-bond donors (Lipinski definition) is 2. The predicted octanol–water partition coefficient (Wildman–Crippen LogP) is 2.16. The SMILES string of the molecule is NC1CC2CC(O)(c3ccc(F)cc3)CC2C1. The van der Waals surface area contributed by atoms with Crippen molar-refractivity contribution in [2.24, 2.45) is 17.6 Å². The molecule has 17 heavy (non-hydrogen) atoms. The Morgan fingerprint density at radius 2 is 1.65 bits per heavy atom. The van der Waals surface area contributed by atoms with E-state index in [1.165, 1.54) is 12.1 Å². The summed E-state index contributed by atoms with van der Waals surface area (Å²) in [5.74, 6) is 0.831. The molecule has 0 spiro atoms. The molecular weight excluding hydrogens is 217 g/mol. The highest BCUT2D eigenvalue weighted by molar-refractivity contribution is 5.25. The minimum Gasteiger partial charge on any atom is -0.385 e. The second-order valence-electron chi connectivity index (χ2n) is 5.70. The number of nitrogens with two attached hydrogens (primary N) is 1. The van der Waals surface area contributed by atoms with Crippen molar-refractivity contribution in [1.82, 2.24) is 0 Å². The van der Waals surface area contributed by atoms with Crippen LogP contribution < -0.4 is 5.73 Å². The van der Waals surface area contributed by atoms with Crippen LogP contribution in [0.2, 0.25) is 0 Å². The van der Waals surface area contributed by atoms with Crippen molar-refractivity contribution in [3.8, 4) is 0 Å². The standard InChI is InChI=1S/C14H18FNO/c15-12-3-1-11(2-4-12)14(17)7-9-5-13(16)6-10(9)8-14/h1-4,9-10,13,17H,5-8,16H2. The van der Waals surface area contributed by atoms with E-state index in [9.17, 15) is 9.50 Å². The predicted molar refractivity (Wildman–Crippen MR) is 63.7 cm³/mol. The van der Waals surface area contributed by atoms with Gasteiger partial charge in [-0.1, -0.05) is 12.1 Å². The van der Waals surface area contributed by atoms with Crippen LogP contribution in [0.25, 0.3) is 0 Å². The summed E-state index contributed by atoms with van der Waals surface area (Å²) in [6.07, 6.45) is 3.59. The Balaban J connectivity index is 1.83. The van der Waals surface area contributed by atoms with E-state index in [1.54, 1.807) is 12.1 Å².